The van der Waals surface area contributed by atoms with E-state index in [0.29, 0.717) is 36.8 Å². The number of carbonyl (C=O) groups excluding carboxylic acids is 3. The Balaban J connectivity index is 1.48. The van der Waals surface area contributed by atoms with E-state index in [4.69, 9.17) is 0 Å². The van der Waals surface area contributed by atoms with E-state index in [1.54, 1.807) is 0 Å². The highest BCUT2D eigenvalue weighted by Gasteiger charge is 2.29. The van der Waals surface area contributed by atoms with Gasteiger partial charge in [0, 0.05) is 42.1 Å². The number of aromatic nitrogens is 1. The van der Waals surface area contributed by atoms with Crippen molar-refractivity contribution in [3.05, 3.63) is 30.0 Å². The molecule has 4 rings (SSSR count). The highest BCUT2D eigenvalue weighted by atomic mass is 16.2. The molecule has 2 aromatic rings. The van der Waals surface area contributed by atoms with Gasteiger partial charge in [-0.3, -0.25) is 9.59 Å². The fraction of sp³-hybridized carbons (Fsp3) is 0.560. The van der Waals surface area contributed by atoms with Gasteiger partial charge in [0.05, 0.1) is 6.04 Å². The lowest BCUT2D eigenvalue weighted by molar-refractivity contribution is -0.122. The molecule has 1 aliphatic heterocycles. The van der Waals surface area contributed by atoms with Gasteiger partial charge in [-0.2, -0.15) is 0 Å². The average molecular weight is 454 g/mol. The Morgan fingerprint density at radius 3 is 2.64 bits per heavy atom. The summed E-state index contributed by atoms with van der Waals surface area (Å²) in [6, 6.07) is 7.28. The summed E-state index contributed by atoms with van der Waals surface area (Å²) in [5.74, 6) is 0.990. The van der Waals surface area contributed by atoms with E-state index >= 15 is 0 Å². The van der Waals surface area contributed by atoms with Gasteiger partial charge in [-0.05, 0) is 61.8 Å². The Labute approximate surface area is 194 Å². The standard InChI is InChI=1S/C25H35N5O3/c1-15(2)13-27-25(33)29-19-8-9-21-17(10-19)11-22-24(32)26-14-20(30(21)22)12-23(31)28-18-6-4-16(3)5-7-18/h8-11,15-16,18,20H,4-7,12-14H2,1-3H3,(H,26,32)(H,28,31)(H2,27,29,33). The van der Waals surface area contributed by atoms with Gasteiger partial charge >= 0.3 is 6.03 Å². The maximum Gasteiger partial charge on any atom is 0.319 e. The molecule has 178 valence electrons. The average Bonchev–Trinajstić information content (AvgIpc) is 3.16. The topological polar surface area (TPSA) is 104 Å². The number of nitrogens with one attached hydrogen (secondary N) is 4. The van der Waals surface area contributed by atoms with Crippen molar-refractivity contribution in [2.24, 2.45) is 11.8 Å². The number of urea groups is 1. The fourth-order valence-electron chi connectivity index (χ4n) is 4.82. The number of hydrogen-bond acceptors (Lipinski definition) is 3. The van der Waals surface area contributed by atoms with Crippen molar-refractivity contribution in [1.82, 2.24) is 20.5 Å². The molecule has 4 amide bonds. The molecule has 1 atom stereocenters. The highest BCUT2D eigenvalue weighted by molar-refractivity contribution is 6.01. The highest BCUT2D eigenvalue weighted by Crippen LogP contribution is 2.31. The summed E-state index contributed by atoms with van der Waals surface area (Å²) in [6.45, 7) is 7.35. The molecule has 1 aromatic heterocycles. The van der Waals surface area contributed by atoms with Crippen LogP contribution in [0.5, 0.6) is 0 Å². The molecule has 1 aliphatic carbocycles. The molecule has 8 nitrogen and oxygen atoms in total. The molecule has 0 spiro atoms. The molecule has 1 aromatic carbocycles. The summed E-state index contributed by atoms with van der Waals surface area (Å²) in [5, 5.41) is 12.7. The first kappa shape index (κ1) is 23.1. The van der Waals surface area contributed by atoms with E-state index in [1.165, 1.54) is 0 Å². The van der Waals surface area contributed by atoms with Crippen LogP contribution in [0.25, 0.3) is 10.9 Å². The quantitative estimate of drug-likeness (QED) is 0.535. The molecule has 1 saturated carbocycles. The summed E-state index contributed by atoms with van der Waals surface area (Å²) in [4.78, 5) is 37.5. The lowest BCUT2D eigenvalue weighted by atomic mass is 9.87. The number of fused-ring (bicyclic) bond motifs is 3. The van der Waals surface area contributed by atoms with Crippen LogP contribution < -0.4 is 21.3 Å². The second kappa shape index (κ2) is 9.85. The molecule has 2 heterocycles. The molecule has 33 heavy (non-hydrogen) atoms. The summed E-state index contributed by atoms with van der Waals surface area (Å²) < 4.78 is 1.97. The van der Waals surface area contributed by atoms with Crippen LogP contribution >= 0.6 is 0 Å². The van der Waals surface area contributed by atoms with E-state index in [1.807, 2.05) is 42.7 Å². The number of benzene rings is 1. The first-order valence-corrected chi connectivity index (χ1v) is 12.1. The van der Waals surface area contributed by atoms with Crippen LogP contribution in [0.15, 0.2) is 24.3 Å². The van der Waals surface area contributed by atoms with Gasteiger partial charge < -0.3 is 25.8 Å². The van der Waals surface area contributed by atoms with Gasteiger partial charge in [-0.15, -0.1) is 0 Å². The number of rotatable bonds is 6. The van der Waals surface area contributed by atoms with Crippen molar-refractivity contribution in [2.45, 2.75) is 65.0 Å². The van der Waals surface area contributed by atoms with Crippen LogP contribution in [0.2, 0.25) is 0 Å². The van der Waals surface area contributed by atoms with Gasteiger partial charge in [0.2, 0.25) is 5.91 Å². The van der Waals surface area contributed by atoms with Crippen molar-refractivity contribution in [3.63, 3.8) is 0 Å². The lowest BCUT2D eigenvalue weighted by Gasteiger charge is -2.30. The van der Waals surface area contributed by atoms with Crippen molar-refractivity contribution < 1.29 is 14.4 Å². The molecular weight excluding hydrogens is 418 g/mol. The van der Waals surface area contributed by atoms with Gasteiger partial charge in [-0.25, -0.2) is 4.79 Å². The Bertz CT molecular complexity index is 1040. The van der Waals surface area contributed by atoms with E-state index in [2.05, 4.69) is 28.2 Å². The van der Waals surface area contributed by atoms with Crippen molar-refractivity contribution >= 4 is 34.4 Å². The molecular formula is C25H35N5O3. The zero-order valence-corrected chi connectivity index (χ0v) is 19.7. The Hall–Kier alpha value is -3.03. The Kier molecular flexibility index (Phi) is 6.91. The van der Waals surface area contributed by atoms with E-state index in [-0.39, 0.29) is 29.9 Å². The van der Waals surface area contributed by atoms with Crippen molar-refractivity contribution in [3.8, 4) is 0 Å². The molecule has 1 unspecified atom stereocenters. The van der Waals surface area contributed by atoms with E-state index in [0.717, 1.165) is 42.5 Å². The molecule has 0 bridgehead atoms. The van der Waals surface area contributed by atoms with Crippen LogP contribution in [0, 0.1) is 11.8 Å². The van der Waals surface area contributed by atoms with Crippen LogP contribution in [-0.2, 0) is 4.79 Å². The van der Waals surface area contributed by atoms with Crippen molar-refractivity contribution in [1.29, 1.82) is 0 Å². The minimum atomic E-state index is -0.253. The number of amides is 4. The Morgan fingerprint density at radius 2 is 1.91 bits per heavy atom. The summed E-state index contributed by atoms with van der Waals surface area (Å²) >= 11 is 0. The van der Waals surface area contributed by atoms with Crippen LogP contribution in [0.3, 0.4) is 0 Å². The van der Waals surface area contributed by atoms with E-state index in [9.17, 15) is 14.4 Å². The zero-order valence-electron chi connectivity index (χ0n) is 19.7. The van der Waals surface area contributed by atoms with Gasteiger partial charge in [-0.1, -0.05) is 20.8 Å². The lowest BCUT2D eigenvalue weighted by Crippen LogP contribution is -2.43. The number of nitrogens with zero attached hydrogens (tertiary/aromatic N) is 1. The third-order valence-corrected chi connectivity index (χ3v) is 6.67. The first-order valence-electron chi connectivity index (χ1n) is 12.1. The normalized spacial score (nSPS) is 22.5. The largest absolute Gasteiger partial charge is 0.353 e. The zero-order chi connectivity index (χ0) is 23.5. The summed E-state index contributed by atoms with van der Waals surface area (Å²) in [6.07, 6.45) is 4.70. The van der Waals surface area contributed by atoms with Crippen molar-refractivity contribution in [2.75, 3.05) is 18.4 Å². The number of carbonyl (C=O) groups is 3. The molecule has 4 N–H and O–H groups in total. The molecule has 0 radical (unpaired) electrons. The molecule has 8 heteroatoms. The molecule has 1 fully saturated rings. The fourth-order valence-corrected chi connectivity index (χ4v) is 4.82. The van der Waals surface area contributed by atoms with Crippen LogP contribution in [-0.4, -0.2) is 41.5 Å². The predicted octanol–water partition coefficient (Wildman–Crippen LogP) is 3.79. The SMILES string of the molecule is CC(C)CNC(=O)Nc1ccc2c(c1)cc1n2C(CC(=O)NC2CCC(C)CC2)CNC1=O. The van der Waals surface area contributed by atoms with Crippen LogP contribution in [0.1, 0.15) is 69.4 Å². The van der Waals surface area contributed by atoms with Gasteiger partial charge in [0.15, 0.2) is 0 Å². The maximum atomic E-state index is 12.8. The second-order valence-corrected chi connectivity index (χ2v) is 9.99. The number of anilines is 1. The van der Waals surface area contributed by atoms with Crippen LogP contribution in [0.4, 0.5) is 10.5 Å². The smallest absolute Gasteiger partial charge is 0.319 e. The monoisotopic (exact) mass is 453 g/mol. The number of hydrogen-bond donors (Lipinski definition) is 4. The third-order valence-electron chi connectivity index (χ3n) is 6.67. The predicted molar refractivity (Wildman–Crippen MR) is 129 cm³/mol. The Morgan fingerprint density at radius 1 is 1.15 bits per heavy atom. The van der Waals surface area contributed by atoms with Gasteiger partial charge in [0.1, 0.15) is 5.69 Å². The molecule has 2 aliphatic rings. The summed E-state index contributed by atoms with van der Waals surface area (Å²) in [5.41, 5.74) is 2.09. The minimum Gasteiger partial charge on any atom is -0.353 e. The van der Waals surface area contributed by atoms with E-state index < -0.39 is 0 Å². The minimum absolute atomic E-state index is 0.0311. The summed E-state index contributed by atoms with van der Waals surface area (Å²) in [7, 11) is 0. The second-order valence-electron chi connectivity index (χ2n) is 9.99. The first-order chi connectivity index (χ1) is 15.8. The molecule has 0 saturated heterocycles. The maximum absolute atomic E-state index is 12.8. The third kappa shape index (κ3) is 5.49. The van der Waals surface area contributed by atoms with Gasteiger partial charge in [0.25, 0.3) is 5.91 Å².